The second-order valence-electron chi connectivity index (χ2n) is 4.62. The van der Waals surface area contributed by atoms with Crippen LogP contribution in [0.15, 0.2) is 29.1 Å². The third-order valence-corrected chi connectivity index (χ3v) is 3.88. The van der Waals surface area contributed by atoms with Gasteiger partial charge in [-0.05, 0) is 53.0 Å². The maximum absolute atomic E-state index is 14.0. The zero-order valence-corrected chi connectivity index (χ0v) is 12.5. The van der Waals surface area contributed by atoms with Crippen LogP contribution in [0.25, 0.3) is 11.0 Å². The summed E-state index contributed by atoms with van der Waals surface area (Å²) in [5.41, 5.74) is 3.04. The van der Waals surface area contributed by atoms with E-state index in [-0.39, 0.29) is 5.82 Å². The van der Waals surface area contributed by atoms with Crippen LogP contribution in [0.1, 0.15) is 11.1 Å². The average Bonchev–Trinajstić information content (AvgIpc) is 2.79. The maximum Gasteiger partial charge on any atom is 0.146 e. The van der Waals surface area contributed by atoms with E-state index in [0.717, 1.165) is 21.0 Å². The molecule has 0 unspecified atom stereocenters. The summed E-state index contributed by atoms with van der Waals surface area (Å²) in [6, 6.07) is 3.29. The molecule has 3 aromatic rings. The second kappa shape index (κ2) is 4.86. The molecule has 0 saturated carbocycles. The lowest BCUT2D eigenvalue weighted by Crippen LogP contribution is -1.99. The molecular formula is C14H12BrFN4. The van der Waals surface area contributed by atoms with Crippen molar-refractivity contribution in [3.63, 3.8) is 0 Å². The minimum absolute atomic E-state index is 0.300. The van der Waals surface area contributed by atoms with Gasteiger partial charge in [0.25, 0.3) is 0 Å². The Balaban J connectivity index is 2.10. The predicted molar refractivity (Wildman–Crippen MR) is 80.7 cm³/mol. The van der Waals surface area contributed by atoms with Gasteiger partial charge < -0.3 is 10.3 Å². The van der Waals surface area contributed by atoms with Gasteiger partial charge in [-0.25, -0.2) is 14.4 Å². The number of halogens is 2. The first-order valence-electron chi connectivity index (χ1n) is 6.07. The van der Waals surface area contributed by atoms with E-state index in [0.29, 0.717) is 17.2 Å². The first-order chi connectivity index (χ1) is 9.56. The summed E-state index contributed by atoms with van der Waals surface area (Å²) in [5, 5.41) is 3.83. The van der Waals surface area contributed by atoms with Gasteiger partial charge in [0.1, 0.15) is 23.6 Å². The van der Waals surface area contributed by atoms with Gasteiger partial charge in [0, 0.05) is 10.7 Å². The molecule has 0 saturated heterocycles. The molecular weight excluding hydrogens is 323 g/mol. The molecule has 0 spiro atoms. The molecule has 0 radical (unpaired) electrons. The van der Waals surface area contributed by atoms with E-state index in [1.54, 1.807) is 12.3 Å². The number of anilines is 2. The molecule has 2 heterocycles. The smallest absolute Gasteiger partial charge is 0.146 e. The Bertz CT molecular complexity index is 797. The summed E-state index contributed by atoms with van der Waals surface area (Å²) in [5.74, 6) is 0.261. The lowest BCUT2D eigenvalue weighted by Gasteiger charge is -2.10. The number of aromatic nitrogens is 3. The van der Waals surface area contributed by atoms with Crippen molar-refractivity contribution in [1.82, 2.24) is 15.0 Å². The Labute approximate surface area is 123 Å². The molecule has 1 aromatic carbocycles. The molecule has 3 rings (SSSR count). The van der Waals surface area contributed by atoms with Gasteiger partial charge in [-0.2, -0.15) is 0 Å². The van der Waals surface area contributed by atoms with Crippen LogP contribution in [0.2, 0.25) is 0 Å². The fraction of sp³-hybridized carbons (Fsp3) is 0.143. The largest absolute Gasteiger partial charge is 0.345 e. The molecule has 0 aliphatic carbocycles. The summed E-state index contributed by atoms with van der Waals surface area (Å²) in [6.07, 6.45) is 3.22. The Hall–Kier alpha value is -1.95. The first kappa shape index (κ1) is 13.1. The quantitative estimate of drug-likeness (QED) is 0.737. The molecule has 2 aromatic heterocycles. The highest BCUT2D eigenvalue weighted by atomic mass is 79.9. The number of rotatable bonds is 2. The lowest BCUT2D eigenvalue weighted by molar-refractivity contribution is 0.630. The van der Waals surface area contributed by atoms with Crippen molar-refractivity contribution in [2.75, 3.05) is 5.32 Å². The highest BCUT2D eigenvalue weighted by molar-refractivity contribution is 9.10. The van der Waals surface area contributed by atoms with Crippen molar-refractivity contribution in [3.05, 3.63) is 46.1 Å². The molecule has 2 N–H and O–H groups in total. The van der Waals surface area contributed by atoms with E-state index in [1.165, 1.54) is 12.4 Å². The SMILES string of the molecule is Cc1cc(F)c(Nc2ncnc3[nH]cc(Br)c23)cc1C. The third kappa shape index (κ3) is 2.16. The van der Waals surface area contributed by atoms with Crippen LogP contribution in [0.5, 0.6) is 0 Å². The fourth-order valence-corrected chi connectivity index (χ4v) is 2.51. The van der Waals surface area contributed by atoms with Gasteiger partial charge in [-0.3, -0.25) is 0 Å². The van der Waals surface area contributed by atoms with Crippen LogP contribution in [-0.2, 0) is 0 Å². The predicted octanol–water partition coefficient (Wildman–Crippen LogP) is 4.22. The monoisotopic (exact) mass is 334 g/mol. The molecule has 102 valence electrons. The molecule has 4 nitrogen and oxygen atoms in total. The van der Waals surface area contributed by atoms with E-state index in [1.807, 2.05) is 13.8 Å². The van der Waals surface area contributed by atoms with Crippen molar-refractivity contribution >= 4 is 38.5 Å². The van der Waals surface area contributed by atoms with Gasteiger partial charge in [0.2, 0.25) is 0 Å². The number of nitrogens with zero attached hydrogens (tertiary/aromatic N) is 2. The van der Waals surface area contributed by atoms with E-state index >= 15 is 0 Å². The molecule has 0 aliphatic rings. The van der Waals surface area contributed by atoms with Gasteiger partial charge in [-0.1, -0.05) is 0 Å². The third-order valence-electron chi connectivity index (χ3n) is 3.26. The van der Waals surface area contributed by atoms with Crippen molar-refractivity contribution < 1.29 is 4.39 Å². The Morgan fingerprint density at radius 1 is 1.20 bits per heavy atom. The molecule has 0 amide bonds. The summed E-state index contributed by atoms with van der Waals surface area (Å²) >= 11 is 3.43. The van der Waals surface area contributed by atoms with Crippen LogP contribution in [0.4, 0.5) is 15.9 Å². The van der Waals surface area contributed by atoms with Crippen molar-refractivity contribution in [2.45, 2.75) is 13.8 Å². The summed E-state index contributed by atoms with van der Waals surface area (Å²) < 4.78 is 14.9. The van der Waals surface area contributed by atoms with Crippen molar-refractivity contribution in [3.8, 4) is 0 Å². The van der Waals surface area contributed by atoms with Crippen LogP contribution in [0.3, 0.4) is 0 Å². The molecule has 20 heavy (non-hydrogen) atoms. The van der Waals surface area contributed by atoms with Crippen LogP contribution in [-0.4, -0.2) is 15.0 Å². The Kier molecular flexibility index (Phi) is 3.17. The van der Waals surface area contributed by atoms with Gasteiger partial charge in [0.15, 0.2) is 0 Å². The molecule has 6 heteroatoms. The lowest BCUT2D eigenvalue weighted by atomic mass is 10.1. The normalized spacial score (nSPS) is 11.0. The molecule has 0 fully saturated rings. The maximum atomic E-state index is 14.0. The molecule has 0 atom stereocenters. The first-order valence-corrected chi connectivity index (χ1v) is 6.87. The topological polar surface area (TPSA) is 53.6 Å². The van der Waals surface area contributed by atoms with Crippen LogP contribution >= 0.6 is 15.9 Å². The standard InChI is InChI=1S/C14H12BrFN4/c1-7-3-10(16)11(4-8(7)2)20-14-12-9(15)5-17-13(12)18-6-19-14/h3-6H,1-2H3,(H2,17,18,19,20). The fourth-order valence-electron chi connectivity index (χ4n) is 2.02. The molecule has 0 bridgehead atoms. The number of H-pyrrole nitrogens is 1. The zero-order chi connectivity index (χ0) is 14.3. The van der Waals surface area contributed by atoms with Crippen LogP contribution in [0, 0.1) is 19.7 Å². The van der Waals surface area contributed by atoms with Crippen molar-refractivity contribution in [1.29, 1.82) is 0 Å². The summed E-state index contributed by atoms with van der Waals surface area (Å²) in [4.78, 5) is 11.3. The molecule has 0 aliphatic heterocycles. The minimum atomic E-state index is -0.300. The minimum Gasteiger partial charge on any atom is -0.345 e. The number of fused-ring (bicyclic) bond motifs is 1. The Morgan fingerprint density at radius 2 is 1.95 bits per heavy atom. The van der Waals surface area contributed by atoms with Crippen molar-refractivity contribution in [2.24, 2.45) is 0 Å². The summed E-state index contributed by atoms with van der Waals surface area (Å²) in [7, 11) is 0. The number of benzene rings is 1. The average molecular weight is 335 g/mol. The highest BCUT2D eigenvalue weighted by Gasteiger charge is 2.12. The summed E-state index contributed by atoms with van der Waals surface area (Å²) in [6.45, 7) is 3.83. The van der Waals surface area contributed by atoms with E-state index < -0.39 is 0 Å². The second-order valence-corrected chi connectivity index (χ2v) is 5.48. The zero-order valence-electron chi connectivity index (χ0n) is 11.0. The number of hydrogen-bond acceptors (Lipinski definition) is 3. The van der Waals surface area contributed by atoms with E-state index in [4.69, 9.17) is 0 Å². The highest BCUT2D eigenvalue weighted by Crippen LogP contribution is 2.30. The van der Waals surface area contributed by atoms with Gasteiger partial charge in [0.05, 0.1) is 11.1 Å². The number of aromatic amines is 1. The van der Waals surface area contributed by atoms with Gasteiger partial charge in [-0.15, -0.1) is 0 Å². The van der Waals surface area contributed by atoms with E-state index in [2.05, 4.69) is 36.2 Å². The van der Waals surface area contributed by atoms with E-state index in [9.17, 15) is 4.39 Å². The van der Waals surface area contributed by atoms with Gasteiger partial charge >= 0.3 is 0 Å². The van der Waals surface area contributed by atoms with Crippen LogP contribution < -0.4 is 5.32 Å². The number of aryl methyl sites for hydroxylation is 2. The Morgan fingerprint density at radius 3 is 2.75 bits per heavy atom. The number of hydrogen-bond donors (Lipinski definition) is 2. The number of nitrogens with one attached hydrogen (secondary N) is 2.